The van der Waals surface area contributed by atoms with Crippen LogP contribution in [0.4, 0.5) is 15.0 Å². The van der Waals surface area contributed by atoms with E-state index in [9.17, 15) is 14.0 Å². The van der Waals surface area contributed by atoms with Gasteiger partial charge >= 0.3 is 6.03 Å². The molecule has 3 aromatic rings. The Labute approximate surface area is 130 Å². The molecule has 3 amide bonds. The number of carbonyl (C=O) groups excluding carboxylic acids is 2. The molecule has 0 atom stereocenters. The zero-order valence-electron chi connectivity index (χ0n) is 11.9. The molecule has 0 fully saturated rings. The van der Waals surface area contributed by atoms with E-state index >= 15 is 0 Å². The van der Waals surface area contributed by atoms with E-state index in [0.29, 0.717) is 16.5 Å². The fourth-order valence-electron chi connectivity index (χ4n) is 2.52. The number of amides is 3. The van der Waals surface area contributed by atoms with Gasteiger partial charge < -0.3 is 16.5 Å². The summed E-state index contributed by atoms with van der Waals surface area (Å²) in [5.74, 6) is -0.905. The molecule has 2 aromatic carbocycles. The van der Waals surface area contributed by atoms with E-state index in [1.165, 1.54) is 12.1 Å². The lowest BCUT2D eigenvalue weighted by Gasteiger charge is -2.02. The van der Waals surface area contributed by atoms with Gasteiger partial charge in [-0.3, -0.25) is 10.1 Å². The Bertz CT molecular complexity index is 933. The van der Waals surface area contributed by atoms with Crippen molar-refractivity contribution in [3.8, 4) is 11.1 Å². The Kier molecular flexibility index (Phi) is 3.46. The van der Waals surface area contributed by atoms with Crippen LogP contribution in [0.1, 0.15) is 10.4 Å². The molecular formula is C16H13FN4O2. The van der Waals surface area contributed by atoms with Crippen molar-refractivity contribution in [2.24, 2.45) is 11.5 Å². The third-order valence-corrected chi connectivity index (χ3v) is 3.45. The van der Waals surface area contributed by atoms with Crippen molar-refractivity contribution in [3.63, 3.8) is 0 Å². The van der Waals surface area contributed by atoms with Gasteiger partial charge in [0, 0.05) is 10.9 Å². The first-order valence-corrected chi connectivity index (χ1v) is 6.73. The zero-order chi connectivity index (χ0) is 16.6. The lowest BCUT2D eigenvalue weighted by Crippen LogP contribution is -2.22. The lowest BCUT2D eigenvalue weighted by atomic mass is 10.0. The van der Waals surface area contributed by atoms with Gasteiger partial charge in [-0.05, 0) is 29.3 Å². The summed E-state index contributed by atoms with van der Waals surface area (Å²) in [6.07, 6.45) is 0. The average molecular weight is 312 g/mol. The number of urea groups is 1. The maximum Gasteiger partial charge on any atom is 0.317 e. The first-order chi connectivity index (χ1) is 11.0. The number of benzene rings is 2. The number of halogens is 1. The minimum Gasteiger partial charge on any atom is -0.365 e. The van der Waals surface area contributed by atoms with Crippen LogP contribution < -0.4 is 16.8 Å². The molecule has 0 aliphatic carbocycles. The second-order valence-corrected chi connectivity index (χ2v) is 5.00. The van der Waals surface area contributed by atoms with Crippen LogP contribution in [-0.4, -0.2) is 16.9 Å². The zero-order valence-corrected chi connectivity index (χ0v) is 11.9. The molecule has 0 saturated carbocycles. The number of hydrogen-bond acceptors (Lipinski definition) is 2. The molecule has 1 aromatic heterocycles. The number of aromatic nitrogens is 1. The molecule has 0 unspecified atom stereocenters. The summed E-state index contributed by atoms with van der Waals surface area (Å²) in [5, 5.41) is 2.88. The number of nitrogens with one attached hydrogen (secondary N) is 2. The maximum atomic E-state index is 13.4. The molecule has 6 N–H and O–H groups in total. The summed E-state index contributed by atoms with van der Waals surface area (Å²) < 4.78 is 13.4. The van der Waals surface area contributed by atoms with Crippen LogP contribution in [0.15, 0.2) is 42.5 Å². The van der Waals surface area contributed by atoms with Crippen molar-refractivity contribution < 1.29 is 14.0 Å². The van der Waals surface area contributed by atoms with Gasteiger partial charge in [0.15, 0.2) is 0 Å². The third kappa shape index (κ3) is 2.71. The summed E-state index contributed by atoms with van der Waals surface area (Å²) in [6.45, 7) is 0. The van der Waals surface area contributed by atoms with Crippen molar-refractivity contribution >= 4 is 28.7 Å². The highest BCUT2D eigenvalue weighted by atomic mass is 19.1. The third-order valence-electron chi connectivity index (χ3n) is 3.45. The molecule has 7 heteroatoms. The predicted molar refractivity (Wildman–Crippen MR) is 85.4 cm³/mol. The molecule has 0 bridgehead atoms. The summed E-state index contributed by atoms with van der Waals surface area (Å²) in [5.41, 5.74) is 12.6. The lowest BCUT2D eigenvalue weighted by molar-refractivity contribution is 0.100. The van der Waals surface area contributed by atoms with Gasteiger partial charge in [-0.15, -0.1) is 0 Å². The SMILES string of the molecule is NC(=O)Nc1[nH]c2cc(-c3cccc(F)c3)ccc2c1C(N)=O. The highest BCUT2D eigenvalue weighted by molar-refractivity contribution is 6.13. The fourth-order valence-corrected chi connectivity index (χ4v) is 2.52. The normalized spacial score (nSPS) is 10.7. The summed E-state index contributed by atoms with van der Waals surface area (Å²) >= 11 is 0. The molecule has 0 aliphatic rings. The number of carbonyl (C=O) groups is 2. The molecule has 1 heterocycles. The van der Waals surface area contributed by atoms with Crippen molar-refractivity contribution in [1.82, 2.24) is 4.98 Å². The summed E-state index contributed by atoms with van der Waals surface area (Å²) in [4.78, 5) is 25.6. The van der Waals surface area contributed by atoms with Crippen LogP contribution in [0.3, 0.4) is 0 Å². The highest BCUT2D eigenvalue weighted by Crippen LogP contribution is 2.30. The average Bonchev–Trinajstić information content (AvgIpc) is 2.83. The van der Waals surface area contributed by atoms with E-state index in [0.717, 1.165) is 5.56 Å². The fraction of sp³-hybridized carbons (Fsp3) is 0. The van der Waals surface area contributed by atoms with Crippen molar-refractivity contribution in [2.75, 3.05) is 5.32 Å². The number of anilines is 1. The molecule has 0 aliphatic heterocycles. The van der Waals surface area contributed by atoms with Crippen LogP contribution in [0, 0.1) is 5.82 Å². The van der Waals surface area contributed by atoms with E-state index in [4.69, 9.17) is 11.5 Å². The van der Waals surface area contributed by atoms with E-state index in [1.54, 1.807) is 30.3 Å². The summed E-state index contributed by atoms with van der Waals surface area (Å²) in [7, 11) is 0. The number of primary amides is 2. The van der Waals surface area contributed by atoms with Gasteiger partial charge in [-0.25, -0.2) is 9.18 Å². The first kappa shape index (κ1) is 14.6. The van der Waals surface area contributed by atoms with Gasteiger partial charge in [-0.1, -0.05) is 24.3 Å². The Morgan fingerprint density at radius 1 is 1.04 bits per heavy atom. The Balaban J connectivity index is 2.17. The second-order valence-electron chi connectivity index (χ2n) is 5.00. The van der Waals surface area contributed by atoms with E-state index in [1.807, 2.05) is 0 Å². The van der Waals surface area contributed by atoms with Crippen molar-refractivity contribution in [3.05, 3.63) is 53.8 Å². The number of rotatable bonds is 3. The smallest absolute Gasteiger partial charge is 0.317 e. The van der Waals surface area contributed by atoms with Gasteiger partial charge in [-0.2, -0.15) is 0 Å². The maximum absolute atomic E-state index is 13.4. The molecule has 0 spiro atoms. The minimum atomic E-state index is -0.815. The van der Waals surface area contributed by atoms with E-state index < -0.39 is 11.9 Å². The van der Waals surface area contributed by atoms with Gasteiger partial charge in [0.1, 0.15) is 11.6 Å². The first-order valence-electron chi connectivity index (χ1n) is 6.73. The topological polar surface area (TPSA) is 114 Å². The van der Waals surface area contributed by atoms with Crippen molar-refractivity contribution in [2.45, 2.75) is 0 Å². The predicted octanol–water partition coefficient (Wildman–Crippen LogP) is 2.56. The second kappa shape index (κ2) is 5.45. The van der Waals surface area contributed by atoms with Crippen LogP contribution in [0.25, 0.3) is 22.0 Å². The van der Waals surface area contributed by atoms with Crippen LogP contribution in [0.5, 0.6) is 0 Å². The molecular weight excluding hydrogens is 299 g/mol. The van der Waals surface area contributed by atoms with E-state index in [2.05, 4.69) is 10.3 Å². The highest BCUT2D eigenvalue weighted by Gasteiger charge is 2.17. The minimum absolute atomic E-state index is 0.136. The molecule has 3 rings (SSSR count). The molecule has 23 heavy (non-hydrogen) atoms. The van der Waals surface area contributed by atoms with Gasteiger partial charge in [0.05, 0.1) is 5.56 Å². The Morgan fingerprint density at radius 3 is 2.43 bits per heavy atom. The molecule has 6 nitrogen and oxygen atoms in total. The number of aromatic amines is 1. The van der Waals surface area contributed by atoms with Gasteiger partial charge in [0.2, 0.25) is 0 Å². The van der Waals surface area contributed by atoms with Crippen molar-refractivity contribution in [1.29, 1.82) is 0 Å². The van der Waals surface area contributed by atoms with Crippen LogP contribution >= 0.6 is 0 Å². The molecule has 0 saturated heterocycles. The quantitative estimate of drug-likeness (QED) is 0.595. The monoisotopic (exact) mass is 312 g/mol. The largest absolute Gasteiger partial charge is 0.365 e. The standard InChI is InChI=1S/C16H13FN4O2/c17-10-3-1-2-8(6-10)9-4-5-11-12(7-9)20-15(21-16(19)23)13(11)14(18)22/h1-7,20H,(H2,18,22)(H3,19,21,23). The Morgan fingerprint density at radius 2 is 1.78 bits per heavy atom. The molecule has 0 radical (unpaired) electrons. The number of hydrogen-bond donors (Lipinski definition) is 4. The number of nitrogens with two attached hydrogens (primary N) is 2. The van der Waals surface area contributed by atoms with Crippen LogP contribution in [-0.2, 0) is 0 Å². The van der Waals surface area contributed by atoms with Crippen LogP contribution in [0.2, 0.25) is 0 Å². The van der Waals surface area contributed by atoms with Gasteiger partial charge in [0.25, 0.3) is 5.91 Å². The number of H-pyrrole nitrogens is 1. The summed E-state index contributed by atoms with van der Waals surface area (Å²) in [6, 6.07) is 10.5. The Hall–Kier alpha value is -3.35. The van der Waals surface area contributed by atoms with E-state index in [-0.39, 0.29) is 17.2 Å². The molecule has 116 valence electrons. The number of fused-ring (bicyclic) bond motifs is 1.